The summed E-state index contributed by atoms with van der Waals surface area (Å²) in [6.07, 6.45) is 4.51. The van der Waals surface area contributed by atoms with E-state index in [0.29, 0.717) is 39.5 Å². The first-order chi connectivity index (χ1) is 15.4. The van der Waals surface area contributed by atoms with Crippen molar-refractivity contribution in [3.8, 4) is 0 Å². The highest BCUT2D eigenvalue weighted by Gasteiger charge is 2.22. The van der Waals surface area contributed by atoms with Crippen molar-refractivity contribution in [1.82, 2.24) is 15.3 Å². The van der Waals surface area contributed by atoms with Gasteiger partial charge in [-0.25, -0.2) is 4.98 Å². The molecule has 1 fully saturated rings. The number of nitrogens with one attached hydrogen (secondary N) is 2. The molecule has 2 aromatic carbocycles. The van der Waals surface area contributed by atoms with E-state index in [2.05, 4.69) is 16.7 Å². The highest BCUT2D eigenvalue weighted by Crippen LogP contribution is 2.30. The zero-order chi connectivity index (χ0) is 22.7. The van der Waals surface area contributed by atoms with Crippen molar-refractivity contribution in [2.45, 2.75) is 38.3 Å². The molecule has 0 bridgehead atoms. The van der Waals surface area contributed by atoms with E-state index in [9.17, 15) is 0 Å². The molecule has 0 aliphatic heterocycles. The summed E-state index contributed by atoms with van der Waals surface area (Å²) < 4.78 is 0. The van der Waals surface area contributed by atoms with Gasteiger partial charge in [-0.15, -0.1) is 0 Å². The van der Waals surface area contributed by atoms with E-state index >= 15 is 0 Å². The summed E-state index contributed by atoms with van der Waals surface area (Å²) in [7, 11) is 4.03. The number of aromatic nitrogens is 2. The van der Waals surface area contributed by atoms with Crippen LogP contribution in [-0.4, -0.2) is 36.6 Å². The van der Waals surface area contributed by atoms with Gasteiger partial charge in [0.1, 0.15) is 5.82 Å². The van der Waals surface area contributed by atoms with Crippen LogP contribution in [-0.2, 0) is 6.54 Å². The van der Waals surface area contributed by atoms with Crippen molar-refractivity contribution in [2.24, 2.45) is 5.92 Å². The number of rotatable bonds is 7. The smallest absolute Gasteiger partial charge is 0.225 e. The number of fused-ring (bicyclic) bond motifs is 1. The van der Waals surface area contributed by atoms with Crippen LogP contribution in [0.3, 0.4) is 0 Å². The fourth-order valence-corrected chi connectivity index (χ4v) is 5.25. The minimum absolute atomic E-state index is 0.391. The predicted octanol–water partition coefficient (Wildman–Crippen LogP) is 6.42. The minimum atomic E-state index is 0.391. The average molecular weight is 493 g/mol. The second-order valence-corrected chi connectivity index (χ2v) is 9.87. The van der Waals surface area contributed by atoms with Crippen LogP contribution in [0.25, 0.3) is 10.9 Å². The predicted molar refractivity (Wildman–Crippen MR) is 136 cm³/mol. The Balaban J connectivity index is 1.30. The molecule has 1 aliphatic carbocycles. The van der Waals surface area contributed by atoms with Crippen molar-refractivity contribution in [3.63, 3.8) is 0 Å². The lowest BCUT2D eigenvalue weighted by Crippen LogP contribution is -2.31. The number of hydrogen-bond donors (Lipinski definition) is 2. The maximum atomic E-state index is 6.29. The van der Waals surface area contributed by atoms with Crippen LogP contribution in [0.1, 0.15) is 31.2 Å². The molecule has 1 saturated carbocycles. The molecule has 0 saturated heterocycles. The van der Waals surface area contributed by atoms with Crippen molar-refractivity contribution in [1.29, 1.82) is 0 Å². The molecule has 1 aromatic heterocycles. The molecule has 0 spiro atoms. The lowest BCUT2D eigenvalue weighted by Gasteiger charge is -2.29. The van der Waals surface area contributed by atoms with Crippen LogP contribution < -0.4 is 15.5 Å². The quantitative estimate of drug-likeness (QED) is 0.399. The van der Waals surface area contributed by atoms with Crippen LogP contribution >= 0.6 is 34.8 Å². The van der Waals surface area contributed by atoms with Gasteiger partial charge in [-0.2, -0.15) is 4.98 Å². The Morgan fingerprint density at radius 2 is 1.66 bits per heavy atom. The Bertz CT molecular complexity index is 1060. The van der Waals surface area contributed by atoms with Crippen molar-refractivity contribution in [2.75, 3.05) is 30.9 Å². The number of hydrogen-bond acceptors (Lipinski definition) is 5. The molecule has 0 atom stereocenters. The Kier molecular flexibility index (Phi) is 7.62. The number of benzene rings is 2. The van der Waals surface area contributed by atoms with Gasteiger partial charge in [-0.1, -0.05) is 46.9 Å². The molecule has 0 radical (unpaired) electrons. The maximum absolute atomic E-state index is 6.29. The fraction of sp³-hybridized carbons (Fsp3) is 0.417. The van der Waals surface area contributed by atoms with E-state index in [1.807, 2.05) is 37.2 Å². The summed E-state index contributed by atoms with van der Waals surface area (Å²) in [4.78, 5) is 11.6. The van der Waals surface area contributed by atoms with Gasteiger partial charge in [0.25, 0.3) is 0 Å². The molecule has 8 heteroatoms. The van der Waals surface area contributed by atoms with Crippen molar-refractivity contribution in [3.05, 3.63) is 57.0 Å². The van der Waals surface area contributed by atoms with Crippen LogP contribution in [0.5, 0.6) is 0 Å². The molecule has 32 heavy (non-hydrogen) atoms. The van der Waals surface area contributed by atoms with Crippen LogP contribution in [0.15, 0.2) is 36.4 Å². The molecule has 2 N–H and O–H groups in total. The SMILES string of the molecule is CN(C)c1nc(NC2CCC(CNCc3c(Cl)cc(Cl)cc3Cl)CC2)nc2ccccc12. The zero-order valence-corrected chi connectivity index (χ0v) is 20.6. The van der Waals surface area contributed by atoms with E-state index in [1.54, 1.807) is 12.1 Å². The summed E-state index contributed by atoms with van der Waals surface area (Å²) in [6.45, 7) is 1.59. The molecule has 1 heterocycles. The van der Waals surface area contributed by atoms with Crippen molar-refractivity contribution >= 4 is 57.5 Å². The zero-order valence-electron chi connectivity index (χ0n) is 18.3. The lowest BCUT2D eigenvalue weighted by molar-refractivity contribution is 0.324. The van der Waals surface area contributed by atoms with Crippen LogP contribution in [0.4, 0.5) is 11.8 Å². The van der Waals surface area contributed by atoms with Gasteiger partial charge >= 0.3 is 0 Å². The summed E-state index contributed by atoms with van der Waals surface area (Å²) in [6, 6.07) is 12.0. The van der Waals surface area contributed by atoms with Crippen molar-refractivity contribution < 1.29 is 0 Å². The Hall–Kier alpha value is -1.79. The van der Waals surface area contributed by atoms with Gasteiger partial charge < -0.3 is 15.5 Å². The molecule has 1 aliphatic rings. The third kappa shape index (κ3) is 5.57. The number of halogens is 3. The lowest BCUT2D eigenvalue weighted by atomic mass is 9.86. The summed E-state index contributed by atoms with van der Waals surface area (Å²) in [5, 5.41) is 9.93. The summed E-state index contributed by atoms with van der Waals surface area (Å²) in [5.74, 6) is 2.28. The summed E-state index contributed by atoms with van der Waals surface area (Å²) >= 11 is 18.6. The topological polar surface area (TPSA) is 53.1 Å². The van der Waals surface area contributed by atoms with Gasteiger partial charge in [0, 0.05) is 52.7 Å². The molecule has 170 valence electrons. The normalized spacial score (nSPS) is 18.7. The second-order valence-electron chi connectivity index (χ2n) is 8.62. The standard InChI is InChI=1S/C24H28Cl3N5/c1-32(2)23-18-5-3-4-6-22(18)30-24(31-23)29-17-9-7-15(8-10-17)13-28-14-19-20(26)11-16(25)12-21(19)27/h3-6,11-12,15,17,28H,7-10,13-14H2,1-2H3,(H,29,30,31). The van der Waals surface area contributed by atoms with E-state index in [1.165, 1.54) is 0 Å². The number of anilines is 2. The van der Waals surface area contributed by atoms with Gasteiger partial charge in [-0.3, -0.25) is 0 Å². The largest absolute Gasteiger partial charge is 0.362 e. The molecule has 3 aromatic rings. The van der Waals surface area contributed by atoms with E-state index < -0.39 is 0 Å². The molecular formula is C24H28Cl3N5. The molecular weight excluding hydrogens is 465 g/mol. The Morgan fingerprint density at radius 3 is 2.34 bits per heavy atom. The fourth-order valence-electron chi connectivity index (χ4n) is 4.30. The highest BCUT2D eigenvalue weighted by atomic mass is 35.5. The molecule has 4 rings (SSSR count). The number of nitrogens with zero attached hydrogens (tertiary/aromatic N) is 3. The minimum Gasteiger partial charge on any atom is -0.362 e. The molecule has 0 unspecified atom stereocenters. The van der Waals surface area contributed by atoms with E-state index in [-0.39, 0.29) is 0 Å². The van der Waals surface area contributed by atoms with Crippen LogP contribution in [0, 0.1) is 5.92 Å². The van der Waals surface area contributed by atoms with Gasteiger partial charge in [0.15, 0.2) is 0 Å². The molecule has 0 amide bonds. The highest BCUT2D eigenvalue weighted by molar-refractivity contribution is 6.39. The van der Waals surface area contributed by atoms with E-state index in [4.69, 9.17) is 44.8 Å². The maximum Gasteiger partial charge on any atom is 0.225 e. The van der Waals surface area contributed by atoms with Gasteiger partial charge in [0.2, 0.25) is 5.95 Å². The third-order valence-electron chi connectivity index (χ3n) is 6.03. The Morgan fingerprint density at radius 1 is 0.969 bits per heavy atom. The molecule has 5 nitrogen and oxygen atoms in total. The second kappa shape index (κ2) is 10.4. The van der Waals surface area contributed by atoms with Crippen LogP contribution in [0.2, 0.25) is 15.1 Å². The van der Waals surface area contributed by atoms with E-state index in [0.717, 1.165) is 54.5 Å². The average Bonchev–Trinajstić information content (AvgIpc) is 2.76. The first kappa shape index (κ1) is 23.4. The number of para-hydroxylation sites is 1. The third-order valence-corrected chi connectivity index (χ3v) is 6.92. The first-order valence-electron chi connectivity index (χ1n) is 11.0. The monoisotopic (exact) mass is 491 g/mol. The first-order valence-corrected chi connectivity index (χ1v) is 12.1. The Labute approximate surface area is 204 Å². The van der Waals surface area contributed by atoms with Gasteiger partial charge in [0.05, 0.1) is 5.52 Å². The summed E-state index contributed by atoms with van der Waals surface area (Å²) in [5.41, 5.74) is 1.87. The van der Waals surface area contributed by atoms with Gasteiger partial charge in [-0.05, 0) is 62.4 Å².